The highest BCUT2D eigenvalue weighted by Crippen LogP contribution is 2.23. The highest BCUT2D eigenvalue weighted by molar-refractivity contribution is 9.11. The van der Waals surface area contributed by atoms with E-state index in [1.54, 1.807) is 0 Å². The van der Waals surface area contributed by atoms with Crippen molar-refractivity contribution in [2.75, 3.05) is 0 Å². The molecule has 0 radical (unpaired) electrons. The maximum Gasteiger partial charge on any atom is 0.252 e. The van der Waals surface area contributed by atoms with Gasteiger partial charge in [-0.1, -0.05) is 53.2 Å². The molecule has 2 aromatic carbocycles. The molecule has 0 aromatic heterocycles. The van der Waals surface area contributed by atoms with Gasteiger partial charge in [-0.25, -0.2) is 0 Å². The Labute approximate surface area is 135 Å². The van der Waals surface area contributed by atoms with Gasteiger partial charge in [-0.15, -0.1) is 0 Å². The zero-order valence-electron chi connectivity index (χ0n) is 11.1. The molecule has 0 saturated carbocycles. The molecule has 0 aliphatic rings. The third kappa shape index (κ3) is 3.70. The van der Waals surface area contributed by atoms with Crippen LogP contribution in [-0.4, -0.2) is 5.91 Å². The van der Waals surface area contributed by atoms with Crippen LogP contribution in [0.25, 0.3) is 0 Å². The van der Waals surface area contributed by atoms with E-state index < -0.39 is 0 Å². The van der Waals surface area contributed by atoms with Gasteiger partial charge >= 0.3 is 0 Å². The van der Waals surface area contributed by atoms with Gasteiger partial charge in [-0.05, 0) is 46.1 Å². The van der Waals surface area contributed by atoms with Gasteiger partial charge in [0.15, 0.2) is 0 Å². The van der Waals surface area contributed by atoms with Crippen molar-refractivity contribution < 1.29 is 4.79 Å². The molecule has 0 fully saturated rings. The molecule has 0 aliphatic carbocycles. The first kappa shape index (κ1) is 15.3. The zero-order chi connectivity index (χ0) is 14.5. The van der Waals surface area contributed by atoms with E-state index >= 15 is 0 Å². The second-order valence-corrected chi connectivity index (χ2v) is 6.24. The molecule has 1 atom stereocenters. The maximum absolute atomic E-state index is 12.4. The summed E-state index contributed by atoms with van der Waals surface area (Å²) in [4.78, 5) is 12.4. The number of nitrogens with one attached hydrogen (secondary N) is 1. The Morgan fingerprint density at radius 1 is 1.15 bits per heavy atom. The first-order valence-electron chi connectivity index (χ1n) is 6.42. The van der Waals surface area contributed by atoms with Gasteiger partial charge < -0.3 is 5.32 Å². The highest BCUT2D eigenvalue weighted by Gasteiger charge is 2.16. The normalized spacial score (nSPS) is 11.9. The van der Waals surface area contributed by atoms with Gasteiger partial charge in [0, 0.05) is 8.95 Å². The Morgan fingerprint density at radius 2 is 1.85 bits per heavy atom. The lowest BCUT2D eigenvalue weighted by Crippen LogP contribution is -2.28. The molecule has 104 valence electrons. The molecule has 0 heterocycles. The van der Waals surface area contributed by atoms with Crippen LogP contribution >= 0.6 is 31.9 Å². The molecule has 20 heavy (non-hydrogen) atoms. The summed E-state index contributed by atoms with van der Waals surface area (Å²) in [6.07, 6.45) is 0.849. The number of rotatable bonds is 4. The summed E-state index contributed by atoms with van der Waals surface area (Å²) >= 11 is 6.81. The Kier molecular flexibility index (Phi) is 5.38. The van der Waals surface area contributed by atoms with Crippen LogP contribution in [0.3, 0.4) is 0 Å². The largest absolute Gasteiger partial charge is 0.345 e. The fourth-order valence-corrected chi connectivity index (χ4v) is 2.80. The van der Waals surface area contributed by atoms with E-state index in [1.807, 2.05) is 48.5 Å². The summed E-state index contributed by atoms with van der Waals surface area (Å²) in [7, 11) is 0. The van der Waals surface area contributed by atoms with Crippen molar-refractivity contribution in [3.63, 3.8) is 0 Å². The van der Waals surface area contributed by atoms with Crippen LogP contribution in [0.15, 0.2) is 57.5 Å². The summed E-state index contributed by atoms with van der Waals surface area (Å²) in [5, 5.41) is 3.08. The number of halogens is 2. The first-order valence-corrected chi connectivity index (χ1v) is 8.01. The van der Waals surface area contributed by atoms with Gasteiger partial charge in [0.1, 0.15) is 0 Å². The monoisotopic (exact) mass is 395 g/mol. The van der Waals surface area contributed by atoms with Crippen molar-refractivity contribution in [2.45, 2.75) is 19.4 Å². The van der Waals surface area contributed by atoms with E-state index in [0.717, 1.165) is 20.9 Å². The number of amides is 1. The number of carbonyl (C=O) groups excluding carboxylic acids is 1. The van der Waals surface area contributed by atoms with E-state index in [0.29, 0.717) is 5.56 Å². The van der Waals surface area contributed by atoms with Gasteiger partial charge in [0.05, 0.1) is 11.6 Å². The number of benzene rings is 2. The second-order valence-electron chi connectivity index (χ2n) is 4.47. The second kappa shape index (κ2) is 7.04. The Balaban J connectivity index is 2.20. The Hall–Kier alpha value is -1.13. The molecule has 0 aliphatic heterocycles. The van der Waals surface area contributed by atoms with Crippen LogP contribution in [0.5, 0.6) is 0 Å². The van der Waals surface area contributed by atoms with E-state index in [-0.39, 0.29) is 11.9 Å². The number of carbonyl (C=O) groups is 1. The minimum Gasteiger partial charge on any atom is -0.345 e. The van der Waals surface area contributed by atoms with Crippen molar-refractivity contribution >= 4 is 37.8 Å². The van der Waals surface area contributed by atoms with E-state index in [2.05, 4.69) is 44.1 Å². The van der Waals surface area contributed by atoms with Crippen molar-refractivity contribution in [1.82, 2.24) is 5.32 Å². The molecule has 2 rings (SSSR count). The van der Waals surface area contributed by atoms with Gasteiger partial charge in [0.25, 0.3) is 5.91 Å². The van der Waals surface area contributed by atoms with E-state index in [1.165, 1.54) is 0 Å². The summed E-state index contributed by atoms with van der Waals surface area (Å²) in [6, 6.07) is 15.6. The van der Waals surface area contributed by atoms with Crippen LogP contribution in [0.1, 0.15) is 35.3 Å². The fourth-order valence-electron chi connectivity index (χ4n) is 2.01. The molecule has 4 heteroatoms. The average Bonchev–Trinajstić information content (AvgIpc) is 2.48. The van der Waals surface area contributed by atoms with Crippen LogP contribution in [-0.2, 0) is 0 Å². The van der Waals surface area contributed by atoms with Crippen LogP contribution in [0.4, 0.5) is 0 Å². The SMILES string of the molecule is CCC(NC(=O)c1cc(Br)ccc1Br)c1ccccc1. The van der Waals surface area contributed by atoms with Crippen molar-refractivity contribution in [3.05, 3.63) is 68.6 Å². The lowest BCUT2D eigenvalue weighted by Gasteiger charge is -2.18. The van der Waals surface area contributed by atoms with Crippen molar-refractivity contribution in [3.8, 4) is 0 Å². The molecule has 0 bridgehead atoms. The molecular formula is C16H15Br2NO. The standard InChI is InChI=1S/C16H15Br2NO/c1-2-15(11-6-4-3-5-7-11)19-16(20)13-10-12(17)8-9-14(13)18/h3-10,15H,2H2,1H3,(H,19,20). The van der Waals surface area contributed by atoms with Gasteiger partial charge in [-0.3, -0.25) is 4.79 Å². The van der Waals surface area contributed by atoms with E-state index in [9.17, 15) is 4.79 Å². The molecule has 2 nitrogen and oxygen atoms in total. The summed E-state index contributed by atoms with van der Waals surface area (Å²) < 4.78 is 1.68. The first-order chi connectivity index (χ1) is 9.61. The van der Waals surface area contributed by atoms with Gasteiger partial charge in [0.2, 0.25) is 0 Å². The summed E-state index contributed by atoms with van der Waals surface area (Å²) in [5.41, 5.74) is 1.75. The molecule has 1 amide bonds. The van der Waals surface area contributed by atoms with Crippen LogP contribution in [0, 0.1) is 0 Å². The molecular weight excluding hydrogens is 382 g/mol. The van der Waals surface area contributed by atoms with Crippen LogP contribution in [0.2, 0.25) is 0 Å². The topological polar surface area (TPSA) is 29.1 Å². The molecule has 2 aromatic rings. The quantitative estimate of drug-likeness (QED) is 0.765. The average molecular weight is 397 g/mol. The number of hydrogen-bond acceptors (Lipinski definition) is 1. The Bertz CT molecular complexity index is 599. The van der Waals surface area contributed by atoms with Crippen molar-refractivity contribution in [2.24, 2.45) is 0 Å². The van der Waals surface area contributed by atoms with Crippen molar-refractivity contribution in [1.29, 1.82) is 0 Å². The minimum atomic E-state index is -0.0751. The van der Waals surface area contributed by atoms with Gasteiger partial charge in [-0.2, -0.15) is 0 Å². The molecule has 1 unspecified atom stereocenters. The van der Waals surface area contributed by atoms with Crippen LogP contribution < -0.4 is 5.32 Å². The summed E-state index contributed by atoms with van der Waals surface area (Å²) in [6.45, 7) is 2.06. The lowest BCUT2D eigenvalue weighted by molar-refractivity contribution is 0.0934. The number of hydrogen-bond donors (Lipinski definition) is 1. The third-order valence-corrected chi connectivity index (χ3v) is 4.27. The van der Waals surface area contributed by atoms with E-state index in [4.69, 9.17) is 0 Å². The maximum atomic E-state index is 12.4. The minimum absolute atomic E-state index is 0.0228. The highest BCUT2D eigenvalue weighted by atomic mass is 79.9. The predicted molar refractivity (Wildman–Crippen MR) is 88.8 cm³/mol. The molecule has 0 saturated heterocycles. The zero-order valence-corrected chi connectivity index (χ0v) is 14.2. The predicted octanol–water partition coefficient (Wildman–Crippen LogP) is 5.09. The smallest absolute Gasteiger partial charge is 0.252 e. The fraction of sp³-hybridized carbons (Fsp3) is 0.188. The summed E-state index contributed by atoms with van der Waals surface area (Å²) in [5.74, 6) is -0.0751. The Morgan fingerprint density at radius 3 is 2.50 bits per heavy atom. The molecule has 1 N–H and O–H groups in total. The molecule has 0 spiro atoms. The third-order valence-electron chi connectivity index (χ3n) is 3.09. The lowest BCUT2D eigenvalue weighted by atomic mass is 10.0.